The highest BCUT2D eigenvalue weighted by Crippen LogP contribution is 2.27. The average molecular weight is 273 g/mol. The number of aliphatic hydroxyl groups excluding tert-OH is 1. The van der Waals surface area contributed by atoms with Crippen LogP contribution in [0.3, 0.4) is 0 Å². The molecule has 0 spiro atoms. The Morgan fingerprint density at radius 2 is 2.43 bits per heavy atom. The summed E-state index contributed by atoms with van der Waals surface area (Å²) >= 11 is 4.92. The Morgan fingerprint density at radius 3 is 3.00 bits per heavy atom. The van der Waals surface area contributed by atoms with Crippen LogP contribution in [0.1, 0.15) is 11.0 Å². The van der Waals surface area contributed by atoms with Gasteiger partial charge in [-0.25, -0.2) is 4.98 Å². The third-order valence-corrected chi connectivity index (χ3v) is 3.59. The van der Waals surface area contributed by atoms with Gasteiger partial charge in [-0.1, -0.05) is 0 Å². The standard InChI is InChI=1S/C9H9BrN2OS/c10-9-2-1-8(14-9)7(13)5-12-4-3-11-6-12/h1-4,6-7,13H,5H2. The zero-order chi connectivity index (χ0) is 9.97. The lowest BCUT2D eigenvalue weighted by atomic mass is 10.3. The van der Waals surface area contributed by atoms with Crippen molar-refractivity contribution in [2.75, 3.05) is 0 Å². The summed E-state index contributed by atoms with van der Waals surface area (Å²) in [4.78, 5) is 4.88. The Kier molecular flexibility index (Phi) is 3.00. The predicted molar refractivity (Wildman–Crippen MR) is 59.2 cm³/mol. The summed E-state index contributed by atoms with van der Waals surface area (Å²) in [5.41, 5.74) is 0. The number of hydrogen-bond donors (Lipinski definition) is 1. The molecule has 0 radical (unpaired) electrons. The molecule has 0 bridgehead atoms. The molecule has 1 atom stereocenters. The van der Waals surface area contributed by atoms with Crippen molar-refractivity contribution >= 4 is 27.3 Å². The number of halogens is 1. The van der Waals surface area contributed by atoms with Crippen LogP contribution in [-0.4, -0.2) is 14.7 Å². The van der Waals surface area contributed by atoms with Crippen molar-refractivity contribution in [3.63, 3.8) is 0 Å². The first-order chi connectivity index (χ1) is 6.75. The normalized spacial score (nSPS) is 13.0. The molecule has 0 saturated heterocycles. The summed E-state index contributed by atoms with van der Waals surface area (Å²) < 4.78 is 2.90. The van der Waals surface area contributed by atoms with Gasteiger partial charge in [-0.2, -0.15) is 0 Å². The van der Waals surface area contributed by atoms with Gasteiger partial charge in [-0.05, 0) is 28.1 Å². The number of aliphatic hydroxyl groups is 1. The molecule has 2 aromatic rings. The van der Waals surface area contributed by atoms with E-state index in [0.29, 0.717) is 6.54 Å². The maximum absolute atomic E-state index is 9.85. The highest BCUT2D eigenvalue weighted by Gasteiger charge is 2.10. The van der Waals surface area contributed by atoms with Crippen LogP contribution in [0.2, 0.25) is 0 Å². The Morgan fingerprint density at radius 1 is 1.57 bits per heavy atom. The molecular weight excluding hydrogens is 264 g/mol. The van der Waals surface area contributed by atoms with Gasteiger partial charge in [0.05, 0.1) is 16.7 Å². The molecule has 0 amide bonds. The van der Waals surface area contributed by atoms with Gasteiger partial charge in [0, 0.05) is 17.3 Å². The molecule has 2 rings (SSSR count). The molecule has 1 N–H and O–H groups in total. The molecule has 0 aliphatic rings. The lowest BCUT2D eigenvalue weighted by Crippen LogP contribution is -2.05. The number of rotatable bonds is 3. The first kappa shape index (κ1) is 9.89. The van der Waals surface area contributed by atoms with Crippen LogP contribution in [0.15, 0.2) is 34.6 Å². The molecule has 0 saturated carbocycles. The van der Waals surface area contributed by atoms with Gasteiger partial charge in [-0.15, -0.1) is 11.3 Å². The van der Waals surface area contributed by atoms with E-state index in [4.69, 9.17) is 0 Å². The number of thiophene rings is 1. The Bertz CT molecular complexity index is 399. The van der Waals surface area contributed by atoms with Gasteiger partial charge in [0.25, 0.3) is 0 Å². The Balaban J connectivity index is 2.06. The fourth-order valence-corrected chi connectivity index (χ4v) is 2.59. The van der Waals surface area contributed by atoms with Crippen LogP contribution >= 0.6 is 27.3 Å². The minimum atomic E-state index is -0.458. The van der Waals surface area contributed by atoms with Crippen molar-refractivity contribution in [3.05, 3.63) is 39.5 Å². The first-order valence-corrected chi connectivity index (χ1v) is 5.75. The maximum atomic E-state index is 9.85. The third-order valence-electron chi connectivity index (χ3n) is 1.87. The van der Waals surface area contributed by atoms with Gasteiger partial charge in [0.2, 0.25) is 0 Å². The summed E-state index contributed by atoms with van der Waals surface area (Å²) in [6.07, 6.45) is 4.79. The molecule has 2 heterocycles. The van der Waals surface area contributed by atoms with Crippen molar-refractivity contribution in [2.24, 2.45) is 0 Å². The molecule has 74 valence electrons. The molecule has 14 heavy (non-hydrogen) atoms. The Hall–Kier alpha value is -0.650. The fourth-order valence-electron chi connectivity index (χ4n) is 1.19. The SMILES string of the molecule is OC(Cn1ccnc1)c1ccc(Br)s1. The van der Waals surface area contributed by atoms with E-state index in [1.54, 1.807) is 23.9 Å². The van der Waals surface area contributed by atoms with E-state index < -0.39 is 6.10 Å². The molecule has 0 aromatic carbocycles. The molecular formula is C9H9BrN2OS. The topological polar surface area (TPSA) is 38.0 Å². The predicted octanol–water partition coefficient (Wildman–Crippen LogP) is 2.44. The largest absolute Gasteiger partial charge is 0.386 e. The van der Waals surface area contributed by atoms with Crippen molar-refractivity contribution in [1.29, 1.82) is 0 Å². The summed E-state index contributed by atoms with van der Waals surface area (Å²) in [7, 11) is 0. The van der Waals surface area contributed by atoms with E-state index in [2.05, 4.69) is 20.9 Å². The highest BCUT2D eigenvalue weighted by molar-refractivity contribution is 9.11. The highest BCUT2D eigenvalue weighted by atomic mass is 79.9. The zero-order valence-corrected chi connectivity index (χ0v) is 9.70. The van der Waals surface area contributed by atoms with Crippen molar-refractivity contribution in [1.82, 2.24) is 9.55 Å². The third kappa shape index (κ3) is 2.23. The van der Waals surface area contributed by atoms with Gasteiger partial charge < -0.3 is 9.67 Å². The van der Waals surface area contributed by atoms with E-state index in [1.165, 1.54) is 0 Å². The number of imidazole rings is 1. The minimum absolute atomic E-state index is 0.458. The molecule has 0 fully saturated rings. The second-order valence-corrected chi connectivity index (χ2v) is 5.41. The van der Waals surface area contributed by atoms with Crippen LogP contribution in [0, 0.1) is 0 Å². The van der Waals surface area contributed by atoms with E-state index in [-0.39, 0.29) is 0 Å². The Labute approximate surface area is 94.2 Å². The number of hydrogen-bond acceptors (Lipinski definition) is 3. The molecule has 0 aliphatic heterocycles. The molecule has 3 nitrogen and oxygen atoms in total. The summed E-state index contributed by atoms with van der Waals surface area (Å²) in [5.74, 6) is 0. The minimum Gasteiger partial charge on any atom is -0.386 e. The monoisotopic (exact) mass is 272 g/mol. The van der Waals surface area contributed by atoms with E-state index >= 15 is 0 Å². The van der Waals surface area contributed by atoms with Gasteiger partial charge in [0.1, 0.15) is 6.10 Å². The second-order valence-electron chi connectivity index (χ2n) is 2.92. The fraction of sp³-hybridized carbons (Fsp3) is 0.222. The molecule has 5 heteroatoms. The quantitative estimate of drug-likeness (QED) is 0.932. The van der Waals surface area contributed by atoms with Crippen molar-refractivity contribution < 1.29 is 5.11 Å². The van der Waals surface area contributed by atoms with Crippen molar-refractivity contribution in [3.8, 4) is 0 Å². The zero-order valence-electron chi connectivity index (χ0n) is 7.30. The van der Waals surface area contributed by atoms with E-state index in [1.807, 2.05) is 22.9 Å². The molecule has 0 aliphatic carbocycles. The maximum Gasteiger partial charge on any atom is 0.106 e. The van der Waals surface area contributed by atoms with Crippen LogP contribution in [0.25, 0.3) is 0 Å². The van der Waals surface area contributed by atoms with Crippen molar-refractivity contribution in [2.45, 2.75) is 12.6 Å². The summed E-state index contributed by atoms with van der Waals surface area (Å²) in [5, 5.41) is 9.85. The second kappa shape index (κ2) is 4.25. The number of nitrogens with zero attached hydrogens (tertiary/aromatic N) is 2. The van der Waals surface area contributed by atoms with Gasteiger partial charge in [0.15, 0.2) is 0 Å². The van der Waals surface area contributed by atoms with Crippen LogP contribution < -0.4 is 0 Å². The van der Waals surface area contributed by atoms with E-state index in [9.17, 15) is 5.11 Å². The van der Waals surface area contributed by atoms with Gasteiger partial charge in [-0.3, -0.25) is 0 Å². The lowest BCUT2D eigenvalue weighted by molar-refractivity contribution is 0.160. The molecule has 2 aromatic heterocycles. The van der Waals surface area contributed by atoms with Crippen LogP contribution in [0.4, 0.5) is 0 Å². The summed E-state index contributed by atoms with van der Waals surface area (Å²) in [6.45, 7) is 0.549. The smallest absolute Gasteiger partial charge is 0.106 e. The lowest BCUT2D eigenvalue weighted by Gasteiger charge is -2.08. The van der Waals surface area contributed by atoms with Gasteiger partial charge >= 0.3 is 0 Å². The first-order valence-electron chi connectivity index (χ1n) is 4.15. The summed E-state index contributed by atoms with van der Waals surface area (Å²) in [6, 6.07) is 3.87. The van der Waals surface area contributed by atoms with Crippen LogP contribution in [-0.2, 0) is 6.54 Å². The van der Waals surface area contributed by atoms with Crippen LogP contribution in [0.5, 0.6) is 0 Å². The average Bonchev–Trinajstić information content (AvgIpc) is 2.75. The van der Waals surface area contributed by atoms with E-state index in [0.717, 1.165) is 8.66 Å². The molecule has 1 unspecified atom stereocenters. The number of aromatic nitrogens is 2.